The number of hydrogen-bond donors (Lipinski definition) is 1. The topological polar surface area (TPSA) is 57.6 Å². The predicted octanol–water partition coefficient (Wildman–Crippen LogP) is 2.69. The van der Waals surface area contributed by atoms with Gasteiger partial charge < -0.3 is 5.11 Å². The van der Waals surface area contributed by atoms with Crippen LogP contribution in [0.5, 0.6) is 0 Å². The molecule has 1 aliphatic carbocycles. The monoisotopic (exact) mass is 297 g/mol. The number of aliphatic hydroxyl groups is 1. The van der Waals surface area contributed by atoms with Gasteiger partial charge in [0.05, 0.1) is 11.0 Å². The van der Waals surface area contributed by atoms with Gasteiger partial charge in [-0.25, -0.2) is 8.42 Å². The summed E-state index contributed by atoms with van der Waals surface area (Å²) in [5, 5.41) is 9.86. The third-order valence-electron chi connectivity index (χ3n) is 4.15. The third kappa shape index (κ3) is 3.05. The second-order valence-corrected chi connectivity index (χ2v) is 7.45. The van der Waals surface area contributed by atoms with Gasteiger partial charge in [0.15, 0.2) is 0 Å². The molecule has 1 aromatic rings. The highest BCUT2D eigenvalue weighted by atomic mass is 32.2. The van der Waals surface area contributed by atoms with Crippen LogP contribution in [-0.4, -0.2) is 30.9 Å². The normalized spacial score (nSPS) is 18.6. The zero-order valence-corrected chi connectivity index (χ0v) is 12.9. The number of benzene rings is 1. The van der Waals surface area contributed by atoms with Crippen LogP contribution in [0.4, 0.5) is 0 Å². The van der Waals surface area contributed by atoms with Crippen LogP contribution in [-0.2, 0) is 10.0 Å². The van der Waals surface area contributed by atoms with Crippen molar-refractivity contribution in [3.05, 3.63) is 29.8 Å². The first-order valence-corrected chi connectivity index (χ1v) is 8.67. The summed E-state index contributed by atoms with van der Waals surface area (Å²) >= 11 is 0. The maximum absolute atomic E-state index is 12.6. The second-order valence-electron chi connectivity index (χ2n) is 5.46. The lowest BCUT2D eigenvalue weighted by Gasteiger charge is -2.24. The van der Waals surface area contributed by atoms with Gasteiger partial charge in [0, 0.05) is 13.1 Å². The van der Waals surface area contributed by atoms with Crippen LogP contribution in [0, 0.1) is 0 Å². The molecule has 1 fully saturated rings. The maximum Gasteiger partial charge on any atom is 0.243 e. The zero-order chi connectivity index (χ0) is 14.8. The van der Waals surface area contributed by atoms with Gasteiger partial charge in [-0.05, 0) is 37.0 Å². The van der Waals surface area contributed by atoms with E-state index in [1.165, 1.54) is 4.31 Å². The highest BCUT2D eigenvalue weighted by molar-refractivity contribution is 7.89. The summed E-state index contributed by atoms with van der Waals surface area (Å²) in [7, 11) is -1.80. The van der Waals surface area contributed by atoms with Crippen molar-refractivity contribution in [1.82, 2.24) is 4.31 Å². The van der Waals surface area contributed by atoms with Crippen LogP contribution in [0.1, 0.15) is 50.7 Å². The Balaban J connectivity index is 2.29. The van der Waals surface area contributed by atoms with Crippen molar-refractivity contribution in [2.45, 2.75) is 56.1 Å². The van der Waals surface area contributed by atoms with Crippen LogP contribution in [0.25, 0.3) is 0 Å². The molecule has 0 heterocycles. The quantitative estimate of drug-likeness (QED) is 0.909. The van der Waals surface area contributed by atoms with Crippen LogP contribution in [0.15, 0.2) is 29.2 Å². The van der Waals surface area contributed by atoms with Crippen molar-refractivity contribution < 1.29 is 13.5 Å². The fourth-order valence-electron chi connectivity index (χ4n) is 2.75. The zero-order valence-electron chi connectivity index (χ0n) is 12.1. The van der Waals surface area contributed by atoms with E-state index in [2.05, 4.69) is 0 Å². The van der Waals surface area contributed by atoms with Gasteiger partial charge in [-0.3, -0.25) is 0 Å². The summed E-state index contributed by atoms with van der Waals surface area (Å²) in [6.07, 6.45) is 4.03. The van der Waals surface area contributed by atoms with Gasteiger partial charge in [-0.1, -0.05) is 31.9 Å². The first-order valence-electron chi connectivity index (χ1n) is 7.23. The fourth-order valence-corrected chi connectivity index (χ4v) is 4.22. The Kier molecular flexibility index (Phi) is 4.83. The van der Waals surface area contributed by atoms with E-state index in [0.717, 1.165) is 25.7 Å². The molecule has 0 aliphatic heterocycles. The van der Waals surface area contributed by atoms with E-state index in [4.69, 9.17) is 0 Å². The molecule has 0 bridgehead atoms. The molecule has 0 spiro atoms. The van der Waals surface area contributed by atoms with Crippen molar-refractivity contribution in [2.24, 2.45) is 0 Å². The maximum atomic E-state index is 12.6. The smallest absolute Gasteiger partial charge is 0.243 e. The number of rotatable bonds is 5. The van der Waals surface area contributed by atoms with E-state index in [1.807, 2.05) is 6.92 Å². The Morgan fingerprint density at radius 2 is 2.00 bits per heavy atom. The molecule has 5 heteroatoms. The van der Waals surface area contributed by atoms with Crippen molar-refractivity contribution in [3.8, 4) is 0 Å². The Hall–Kier alpha value is -0.910. The van der Waals surface area contributed by atoms with Crippen LogP contribution >= 0.6 is 0 Å². The van der Waals surface area contributed by atoms with Gasteiger partial charge in [-0.15, -0.1) is 0 Å². The standard InChI is InChI=1S/C15H23NO3S/c1-3-15(17)12-7-6-10-14(11-12)20(18,19)16(2)13-8-4-5-9-13/h6-7,10-11,13,15,17H,3-5,8-9H2,1-2H3. The second kappa shape index (κ2) is 6.24. The van der Waals surface area contributed by atoms with E-state index >= 15 is 0 Å². The molecule has 0 amide bonds. The molecule has 1 atom stereocenters. The SMILES string of the molecule is CCC(O)c1cccc(S(=O)(=O)N(C)C2CCCC2)c1. The molecule has 1 aromatic carbocycles. The third-order valence-corrected chi connectivity index (χ3v) is 6.05. The average molecular weight is 297 g/mol. The van der Waals surface area contributed by atoms with Gasteiger partial charge in [0.1, 0.15) is 0 Å². The molecule has 1 saturated carbocycles. The van der Waals surface area contributed by atoms with Gasteiger partial charge in [0.2, 0.25) is 10.0 Å². The summed E-state index contributed by atoms with van der Waals surface area (Å²) in [5.41, 5.74) is 0.661. The molecule has 112 valence electrons. The van der Waals surface area contributed by atoms with Gasteiger partial charge >= 0.3 is 0 Å². The minimum Gasteiger partial charge on any atom is -0.388 e. The van der Waals surface area contributed by atoms with Crippen molar-refractivity contribution >= 4 is 10.0 Å². The summed E-state index contributed by atoms with van der Waals surface area (Å²) < 4.78 is 26.8. The molecule has 1 unspecified atom stereocenters. The Bertz CT molecular complexity index is 550. The molecule has 1 N–H and O–H groups in total. The Labute approximate surface area is 121 Å². The summed E-state index contributed by atoms with van der Waals surface area (Å²) in [6, 6.07) is 6.77. The lowest BCUT2D eigenvalue weighted by atomic mass is 10.1. The minimum absolute atomic E-state index is 0.111. The first kappa shape index (κ1) is 15.5. The lowest BCUT2D eigenvalue weighted by molar-refractivity contribution is 0.173. The van der Waals surface area contributed by atoms with Crippen LogP contribution in [0.2, 0.25) is 0 Å². The van der Waals surface area contributed by atoms with E-state index in [1.54, 1.807) is 31.3 Å². The summed E-state index contributed by atoms with van der Waals surface area (Å²) in [4.78, 5) is 0.275. The molecular formula is C15H23NO3S. The molecular weight excluding hydrogens is 274 g/mol. The molecule has 0 radical (unpaired) electrons. The van der Waals surface area contributed by atoms with Gasteiger partial charge in [-0.2, -0.15) is 4.31 Å². The van der Waals surface area contributed by atoms with Gasteiger partial charge in [0.25, 0.3) is 0 Å². The lowest BCUT2D eigenvalue weighted by Crippen LogP contribution is -2.35. The number of sulfonamides is 1. The molecule has 0 saturated heterocycles. The fraction of sp³-hybridized carbons (Fsp3) is 0.600. The summed E-state index contributed by atoms with van der Waals surface area (Å²) in [6.45, 7) is 1.87. The summed E-state index contributed by atoms with van der Waals surface area (Å²) in [5.74, 6) is 0. The van der Waals surface area contributed by atoms with E-state index in [0.29, 0.717) is 12.0 Å². The van der Waals surface area contributed by atoms with E-state index < -0.39 is 16.1 Å². The molecule has 4 nitrogen and oxygen atoms in total. The minimum atomic E-state index is -3.46. The highest BCUT2D eigenvalue weighted by Crippen LogP contribution is 2.28. The van der Waals surface area contributed by atoms with Crippen molar-refractivity contribution in [3.63, 3.8) is 0 Å². The van der Waals surface area contributed by atoms with Crippen LogP contribution in [0.3, 0.4) is 0 Å². The molecule has 0 aromatic heterocycles. The molecule has 1 aliphatic rings. The number of nitrogens with zero attached hydrogens (tertiary/aromatic N) is 1. The first-order chi connectivity index (χ1) is 9.46. The molecule has 2 rings (SSSR count). The highest BCUT2D eigenvalue weighted by Gasteiger charge is 2.30. The Morgan fingerprint density at radius 1 is 1.35 bits per heavy atom. The van der Waals surface area contributed by atoms with E-state index in [-0.39, 0.29) is 10.9 Å². The van der Waals surface area contributed by atoms with E-state index in [9.17, 15) is 13.5 Å². The Morgan fingerprint density at radius 3 is 2.60 bits per heavy atom. The van der Waals surface area contributed by atoms with Crippen molar-refractivity contribution in [2.75, 3.05) is 7.05 Å². The molecule has 20 heavy (non-hydrogen) atoms. The predicted molar refractivity (Wildman–Crippen MR) is 78.9 cm³/mol. The number of hydrogen-bond acceptors (Lipinski definition) is 3. The number of aliphatic hydroxyl groups excluding tert-OH is 1. The van der Waals surface area contributed by atoms with Crippen molar-refractivity contribution in [1.29, 1.82) is 0 Å². The average Bonchev–Trinajstić information content (AvgIpc) is 2.99. The largest absolute Gasteiger partial charge is 0.388 e. The van der Waals surface area contributed by atoms with Crippen LogP contribution < -0.4 is 0 Å².